The summed E-state index contributed by atoms with van der Waals surface area (Å²) >= 11 is 6.81. The molecule has 4 heteroatoms. The van der Waals surface area contributed by atoms with Crippen LogP contribution in [0.5, 0.6) is 0 Å². The van der Waals surface area contributed by atoms with Gasteiger partial charge in [-0.15, -0.1) is 0 Å². The van der Waals surface area contributed by atoms with E-state index in [0.717, 1.165) is 20.2 Å². The first-order valence-electron chi connectivity index (χ1n) is 5.09. The van der Waals surface area contributed by atoms with E-state index in [4.69, 9.17) is 0 Å². The molecular weight excluding hydrogens is 349 g/mol. The second-order valence-electron chi connectivity index (χ2n) is 3.57. The van der Waals surface area contributed by atoms with Crippen LogP contribution in [0.2, 0.25) is 0 Å². The molecule has 0 radical (unpaired) electrons. The summed E-state index contributed by atoms with van der Waals surface area (Å²) in [4.78, 5) is 0. The molecule has 1 nitrogen and oxygen atoms in total. The van der Waals surface area contributed by atoms with Gasteiger partial charge in [0.15, 0.2) is 0 Å². The molecule has 0 amide bonds. The molecule has 0 spiro atoms. The van der Waals surface area contributed by atoms with E-state index in [1.54, 1.807) is 6.07 Å². The topological polar surface area (TPSA) is 12.0 Å². The van der Waals surface area contributed by atoms with Gasteiger partial charge in [0.05, 0.1) is 0 Å². The van der Waals surface area contributed by atoms with Crippen LogP contribution in [-0.4, -0.2) is 0 Å². The smallest absolute Gasteiger partial charge is 0.124 e. The molecule has 0 aromatic heterocycles. The van der Waals surface area contributed by atoms with E-state index in [2.05, 4.69) is 37.2 Å². The summed E-state index contributed by atoms with van der Waals surface area (Å²) in [5.41, 5.74) is 2.03. The van der Waals surface area contributed by atoms with E-state index < -0.39 is 0 Å². The Bertz CT molecular complexity index is 529. The molecule has 0 atom stereocenters. The minimum atomic E-state index is -0.247. The summed E-state index contributed by atoms with van der Waals surface area (Å²) < 4.78 is 14.7. The maximum atomic E-state index is 12.9. The molecule has 0 aliphatic carbocycles. The minimum absolute atomic E-state index is 0.247. The molecule has 2 rings (SSSR count). The average Bonchev–Trinajstić information content (AvgIpc) is 2.30. The van der Waals surface area contributed by atoms with Crippen molar-refractivity contribution in [2.45, 2.75) is 6.54 Å². The molecule has 0 unspecified atom stereocenters. The second-order valence-corrected chi connectivity index (χ2v) is 5.28. The highest BCUT2D eigenvalue weighted by atomic mass is 79.9. The summed E-state index contributed by atoms with van der Waals surface area (Å²) in [6.07, 6.45) is 0. The van der Waals surface area contributed by atoms with Crippen molar-refractivity contribution < 1.29 is 4.39 Å². The van der Waals surface area contributed by atoms with Crippen LogP contribution in [0.25, 0.3) is 0 Å². The van der Waals surface area contributed by atoms with Crippen LogP contribution in [0.4, 0.5) is 10.1 Å². The molecule has 0 aliphatic heterocycles. The van der Waals surface area contributed by atoms with Crippen molar-refractivity contribution in [3.8, 4) is 0 Å². The Kier molecular flexibility index (Phi) is 4.18. The van der Waals surface area contributed by atoms with Crippen LogP contribution in [0.3, 0.4) is 0 Å². The fraction of sp³-hybridized carbons (Fsp3) is 0.0769. The van der Waals surface area contributed by atoms with Gasteiger partial charge in [-0.25, -0.2) is 4.39 Å². The molecule has 2 aromatic carbocycles. The number of hydrogen-bond acceptors (Lipinski definition) is 1. The summed E-state index contributed by atoms with van der Waals surface area (Å²) in [6, 6.07) is 12.6. The molecule has 0 saturated heterocycles. The lowest BCUT2D eigenvalue weighted by Crippen LogP contribution is -2.00. The number of benzene rings is 2. The second kappa shape index (κ2) is 5.65. The van der Waals surface area contributed by atoms with Gasteiger partial charge in [-0.05, 0) is 45.8 Å². The summed E-state index contributed by atoms with van der Waals surface area (Å²) in [5, 5.41) is 3.25. The zero-order valence-electron chi connectivity index (χ0n) is 8.88. The van der Waals surface area contributed by atoms with Gasteiger partial charge >= 0.3 is 0 Å². The number of halogens is 3. The Labute approximate surface area is 116 Å². The minimum Gasteiger partial charge on any atom is -0.380 e. The lowest BCUT2D eigenvalue weighted by atomic mass is 10.2. The van der Waals surface area contributed by atoms with E-state index >= 15 is 0 Å². The molecule has 0 saturated carbocycles. The Balaban J connectivity index is 2.10. The third-order valence-corrected chi connectivity index (χ3v) is 3.79. The summed E-state index contributed by atoms with van der Waals surface area (Å²) in [6.45, 7) is 0.686. The molecule has 1 N–H and O–H groups in total. The molecule has 0 heterocycles. The van der Waals surface area contributed by atoms with E-state index in [9.17, 15) is 4.39 Å². The Morgan fingerprint density at radius 1 is 1.00 bits per heavy atom. The largest absolute Gasteiger partial charge is 0.380 e. The monoisotopic (exact) mass is 357 g/mol. The normalized spacial score (nSPS) is 10.3. The summed E-state index contributed by atoms with van der Waals surface area (Å²) in [7, 11) is 0. The van der Waals surface area contributed by atoms with Gasteiger partial charge in [0, 0.05) is 21.2 Å². The average molecular weight is 359 g/mol. The van der Waals surface area contributed by atoms with Crippen molar-refractivity contribution in [2.24, 2.45) is 0 Å². The van der Waals surface area contributed by atoms with Crippen molar-refractivity contribution in [1.29, 1.82) is 0 Å². The highest BCUT2D eigenvalue weighted by molar-refractivity contribution is 9.10. The number of anilines is 1. The number of hydrogen-bond donors (Lipinski definition) is 1. The standard InChI is InChI=1S/C13H10Br2FN/c14-11-4-2-1-3-9(11)8-17-13-6-5-10(16)7-12(13)15/h1-7,17H,8H2. The SMILES string of the molecule is Fc1ccc(NCc2ccccc2Br)c(Br)c1. The maximum Gasteiger partial charge on any atom is 0.124 e. The lowest BCUT2D eigenvalue weighted by molar-refractivity contribution is 0.627. The molecule has 0 aliphatic rings. The fourth-order valence-corrected chi connectivity index (χ4v) is 2.38. The zero-order chi connectivity index (χ0) is 12.3. The van der Waals surface area contributed by atoms with Gasteiger partial charge in [0.1, 0.15) is 5.82 Å². The number of rotatable bonds is 3. The van der Waals surface area contributed by atoms with Gasteiger partial charge in [0.25, 0.3) is 0 Å². The van der Waals surface area contributed by atoms with Crippen LogP contribution in [0, 0.1) is 5.82 Å². The van der Waals surface area contributed by atoms with Crippen LogP contribution in [0.1, 0.15) is 5.56 Å². The number of nitrogens with one attached hydrogen (secondary N) is 1. The predicted octanol–water partition coefficient (Wildman–Crippen LogP) is 4.96. The molecular formula is C13H10Br2FN. The fourth-order valence-electron chi connectivity index (χ4n) is 1.47. The predicted molar refractivity (Wildman–Crippen MR) is 75.6 cm³/mol. The van der Waals surface area contributed by atoms with E-state index in [-0.39, 0.29) is 5.82 Å². The summed E-state index contributed by atoms with van der Waals surface area (Å²) in [5.74, 6) is -0.247. The Morgan fingerprint density at radius 3 is 2.47 bits per heavy atom. The van der Waals surface area contributed by atoms with Gasteiger partial charge in [-0.3, -0.25) is 0 Å². The van der Waals surface area contributed by atoms with E-state index in [1.165, 1.54) is 12.1 Å². The van der Waals surface area contributed by atoms with Crippen LogP contribution in [-0.2, 0) is 6.54 Å². The van der Waals surface area contributed by atoms with E-state index in [1.807, 2.05) is 24.3 Å². The van der Waals surface area contributed by atoms with Crippen molar-refractivity contribution in [2.75, 3.05) is 5.32 Å². The quantitative estimate of drug-likeness (QED) is 0.817. The van der Waals surface area contributed by atoms with Gasteiger partial charge < -0.3 is 5.32 Å². The van der Waals surface area contributed by atoms with E-state index in [0.29, 0.717) is 6.54 Å². The highest BCUT2D eigenvalue weighted by Crippen LogP contribution is 2.24. The zero-order valence-corrected chi connectivity index (χ0v) is 12.1. The van der Waals surface area contributed by atoms with Gasteiger partial charge in [-0.1, -0.05) is 34.1 Å². The third-order valence-electron chi connectivity index (χ3n) is 2.36. The first kappa shape index (κ1) is 12.6. The molecule has 0 fully saturated rings. The first-order chi connectivity index (χ1) is 8.16. The molecule has 0 bridgehead atoms. The van der Waals surface area contributed by atoms with Crippen molar-refractivity contribution in [1.82, 2.24) is 0 Å². The first-order valence-corrected chi connectivity index (χ1v) is 6.68. The van der Waals surface area contributed by atoms with Crippen LogP contribution in [0.15, 0.2) is 51.4 Å². The van der Waals surface area contributed by atoms with Crippen molar-refractivity contribution in [3.05, 3.63) is 62.8 Å². The van der Waals surface area contributed by atoms with Crippen molar-refractivity contribution >= 4 is 37.5 Å². The maximum absolute atomic E-state index is 12.9. The third kappa shape index (κ3) is 3.30. The van der Waals surface area contributed by atoms with Crippen molar-refractivity contribution in [3.63, 3.8) is 0 Å². The van der Waals surface area contributed by atoms with Gasteiger partial charge in [-0.2, -0.15) is 0 Å². The van der Waals surface area contributed by atoms with Crippen LogP contribution < -0.4 is 5.32 Å². The molecule has 2 aromatic rings. The molecule has 88 valence electrons. The Hall–Kier alpha value is -0.870. The van der Waals surface area contributed by atoms with Gasteiger partial charge in [0.2, 0.25) is 0 Å². The molecule has 17 heavy (non-hydrogen) atoms. The Morgan fingerprint density at radius 2 is 1.76 bits per heavy atom. The highest BCUT2D eigenvalue weighted by Gasteiger charge is 2.02. The lowest BCUT2D eigenvalue weighted by Gasteiger charge is -2.09. The van der Waals surface area contributed by atoms with Crippen LogP contribution >= 0.6 is 31.9 Å².